The monoisotopic (exact) mass is 259 g/mol. The summed E-state index contributed by atoms with van der Waals surface area (Å²) in [6.45, 7) is 0.648. The predicted octanol–water partition coefficient (Wildman–Crippen LogP) is 2.53. The number of aromatic amines is 1. The average molecular weight is 260 g/mol. The lowest BCUT2D eigenvalue weighted by Crippen LogP contribution is -2.20. The highest BCUT2D eigenvalue weighted by Gasteiger charge is 2.15. The van der Waals surface area contributed by atoms with Crippen LogP contribution < -0.4 is 10.9 Å². The van der Waals surface area contributed by atoms with Gasteiger partial charge in [0.1, 0.15) is 11.4 Å². The summed E-state index contributed by atoms with van der Waals surface area (Å²) < 4.78 is 0. The van der Waals surface area contributed by atoms with Crippen molar-refractivity contribution in [2.45, 2.75) is 0 Å². The van der Waals surface area contributed by atoms with Crippen molar-refractivity contribution in [3.8, 4) is 11.3 Å². The highest BCUT2D eigenvalue weighted by Crippen LogP contribution is 2.28. The fourth-order valence-electron chi connectivity index (χ4n) is 1.99. The number of nitrogens with one attached hydrogen (secondary N) is 2. The summed E-state index contributed by atoms with van der Waals surface area (Å²) in [5.74, 6) is 0. The first kappa shape index (κ1) is 11.0. The zero-order valence-electron chi connectivity index (χ0n) is 9.40. The van der Waals surface area contributed by atoms with E-state index in [9.17, 15) is 4.79 Å². The van der Waals surface area contributed by atoms with Crippen LogP contribution in [0.5, 0.6) is 0 Å². The molecule has 0 unspecified atom stereocenters. The van der Waals surface area contributed by atoms with Gasteiger partial charge in [-0.25, -0.2) is 5.10 Å². The molecular formula is C13H10ClN3O. The van der Waals surface area contributed by atoms with Crippen LogP contribution in [-0.2, 0) is 0 Å². The molecule has 0 atom stereocenters. The third-order valence-electron chi connectivity index (χ3n) is 2.80. The van der Waals surface area contributed by atoms with Gasteiger partial charge in [-0.05, 0) is 12.1 Å². The molecule has 0 saturated heterocycles. The van der Waals surface area contributed by atoms with Crippen LogP contribution in [0.4, 0.5) is 5.69 Å². The summed E-state index contributed by atoms with van der Waals surface area (Å²) in [7, 11) is 0. The van der Waals surface area contributed by atoms with Crippen LogP contribution in [-0.4, -0.2) is 16.7 Å². The molecule has 2 aromatic rings. The number of fused-ring (bicyclic) bond motifs is 1. The molecule has 1 aromatic heterocycles. The van der Waals surface area contributed by atoms with Crippen LogP contribution in [0.3, 0.4) is 0 Å². The van der Waals surface area contributed by atoms with Crippen molar-refractivity contribution in [1.82, 2.24) is 10.2 Å². The lowest BCUT2D eigenvalue weighted by atomic mass is 10.0. The summed E-state index contributed by atoms with van der Waals surface area (Å²) in [4.78, 5) is 11.7. The Labute approximate surface area is 108 Å². The first-order chi connectivity index (χ1) is 8.75. The number of hydrogen-bond donors (Lipinski definition) is 2. The fourth-order valence-corrected chi connectivity index (χ4v) is 2.19. The van der Waals surface area contributed by atoms with Crippen molar-refractivity contribution in [3.05, 3.63) is 51.3 Å². The molecule has 5 heteroatoms. The van der Waals surface area contributed by atoms with Crippen molar-refractivity contribution >= 4 is 23.4 Å². The minimum Gasteiger partial charge on any atom is -0.377 e. The molecule has 1 aliphatic rings. The van der Waals surface area contributed by atoms with E-state index in [1.165, 1.54) is 0 Å². The Hall–Kier alpha value is -2.07. The molecule has 2 N–H and O–H groups in total. The van der Waals surface area contributed by atoms with Crippen molar-refractivity contribution < 1.29 is 0 Å². The van der Waals surface area contributed by atoms with Gasteiger partial charge in [0, 0.05) is 22.7 Å². The maximum Gasteiger partial charge on any atom is 0.288 e. The van der Waals surface area contributed by atoms with Crippen LogP contribution >= 0.6 is 11.6 Å². The van der Waals surface area contributed by atoms with Crippen LogP contribution in [0.2, 0.25) is 5.02 Å². The standard InChI is InChI=1S/C13H10ClN3O/c14-9-4-1-3-8(7-9)11-10-5-2-6-15-12(10)13(18)17-16-11/h1-5,7,15H,6H2,(H,17,18). The maximum absolute atomic E-state index is 11.7. The molecule has 0 spiro atoms. The molecule has 3 rings (SSSR count). The highest BCUT2D eigenvalue weighted by atomic mass is 35.5. The summed E-state index contributed by atoms with van der Waals surface area (Å²) in [6.07, 6.45) is 3.86. The van der Waals surface area contributed by atoms with Gasteiger partial charge < -0.3 is 5.32 Å². The zero-order chi connectivity index (χ0) is 12.5. The Morgan fingerprint density at radius 1 is 1.33 bits per heavy atom. The number of H-pyrrole nitrogens is 1. The van der Waals surface area contributed by atoms with Crippen LogP contribution in [0.15, 0.2) is 35.1 Å². The van der Waals surface area contributed by atoms with Gasteiger partial charge in [-0.1, -0.05) is 35.9 Å². The Balaban J connectivity index is 2.26. The summed E-state index contributed by atoms with van der Waals surface area (Å²) >= 11 is 5.98. The number of hydrogen-bond acceptors (Lipinski definition) is 3. The number of anilines is 1. The summed E-state index contributed by atoms with van der Waals surface area (Å²) in [5.41, 5.74) is 2.74. The number of halogens is 1. The minimum absolute atomic E-state index is 0.208. The summed E-state index contributed by atoms with van der Waals surface area (Å²) in [6, 6.07) is 7.40. The second-order valence-electron chi connectivity index (χ2n) is 3.98. The number of benzene rings is 1. The van der Waals surface area contributed by atoms with Gasteiger partial charge in [-0.2, -0.15) is 5.10 Å². The van der Waals surface area contributed by atoms with E-state index in [0.29, 0.717) is 17.3 Å². The van der Waals surface area contributed by atoms with Crippen molar-refractivity contribution in [2.75, 3.05) is 11.9 Å². The van der Waals surface area contributed by atoms with Gasteiger partial charge in [-0.3, -0.25) is 4.79 Å². The van der Waals surface area contributed by atoms with Crippen LogP contribution in [0, 0.1) is 0 Å². The van der Waals surface area contributed by atoms with E-state index in [1.54, 1.807) is 6.07 Å². The van der Waals surface area contributed by atoms with E-state index in [2.05, 4.69) is 15.5 Å². The van der Waals surface area contributed by atoms with E-state index in [4.69, 9.17) is 11.6 Å². The van der Waals surface area contributed by atoms with Gasteiger partial charge in [0.15, 0.2) is 0 Å². The topological polar surface area (TPSA) is 57.8 Å². The van der Waals surface area contributed by atoms with Gasteiger partial charge in [0.05, 0.1) is 0 Å². The van der Waals surface area contributed by atoms with E-state index in [0.717, 1.165) is 16.8 Å². The van der Waals surface area contributed by atoms with Crippen molar-refractivity contribution in [1.29, 1.82) is 0 Å². The molecule has 0 amide bonds. The van der Waals surface area contributed by atoms with Gasteiger partial charge in [0.2, 0.25) is 0 Å². The third kappa shape index (κ3) is 1.80. The zero-order valence-corrected chi connectivity index (χ0v) is 10.2. The van der Waals surface area contributed by atoms with Gasteiger partial charge in [0.25, 0.3) is 5.56 Å². The molecule has 0 bridgehead atoms. The second kappa shape index (κ2) is 4.31. The maximum atomic E-state index is 11.7. The molecule has 0 aliphatic carbocycles. The van der Waals surface area contributed by atoms with E-state index in [1.807, 2.05) is 30.4 Å². The average Bonchev–Trinajstić information content (AvgIpc) is 2.39. The molecule has 90 valence electrons. The Bertz CT molecular complexity index is 691. The first-order valence-electron chi connectivity index (χ1n) is 5.55. The molecule has 1 aromatic carbocycles. The number of nitrogens with zero attached hydrogens (tertiary/aromatic N) is 1. The van der Waals surface area contributed by atoms with E-state index < -0.39 is 0 Å². The number of rotatable bonds is 1. The Morgan fingerprint density at radius 3 is 3.06 bits per heavy atom. The Kier molecular flexibility index (Phi) is 2.64. The lowest BCUT2D eigenvalue weighted by Gasteiger charge is -2.14. The first-order valence-corrected chi connectivity index (χ1v) is 5.92. The molecular weight excluding hydrogens is 250 g/mol. The highest BCUT2D eigenvalue weighted by molar-refractivity contribution is 6.30. The quantitative estimate of drug-likeness (QED) is 0.827. The predicted molar refractivity (Wildman–Crippen MR) is 72.8 cm³/mol. The molecule has 18 heavy (non-hydrogen) atoms. The van der Waals surface area contributed by atoms with Crippen LogP contribution in [0.25, 0.3) is 17.3 Å². The molecule has 1 aliphatic heterocycles. The fraction of sp³-hybridized carbons (Fsp3) is 0.0769. The minimum atomic E-state index is -0.208. The second-order valence-corrected chi connectivity index (χ2v) is 4.42. The normalized spacial score (nSPS) is 12.9. The van der Waals surface area contributed by atoms with E-state index in [-0.39, 0.29) is 5.56 Å². The van der Waals surface area contributed by atoms with Crippen molar-refractivity contribution in [3.63, 3.8) is 0 Å². The largest absolute Gasteiger partial charge is 0.377 e. The van der Waals surface area contributed by atoms with E-state index >= 15 is 0 Å². The smallest absolute Gasteiger partial charge is 0.288 e. The molecule has 2 heterocycles. The van der Waals surface area contributed by atoms with Gasteiger partial charge >= 0.3 is 0 Å². The lowest BCUT2D eigenvalue weighted by molar-refractivity contribution is 0.986. The number of aromatic nitrogens is 2. The Morgan fingerprint density at radius 2 is 2.22 bits per heavy atom. The van der Waals surface area contributed by atoms with Gasteiger partial charge in [-0.15, -0.1) is 0 Å². The molecule has 4 nitrogen and oxygen atoms in total. The summed E-state index contributed by atoms with van der Waals surface area (Å²) in [5, 5.41) is 10.3. The molecule has 0 radical (unpaired) electrons. The molecule has 0 saturated carbocycles. The van der Waals surface area contributed by atoms with Crippen molar-refractivity contribution in [2.24, 2.45) is 0 Å². The SMILES string of the molecule is O=c1[nH]nc(-c2cccc(Cl)c2)c2c1NCC=C2. The molecule has 0 fully saturated rings. The third-order valence-corrected chi connectivity index (χ3v) is 3.04. The van der Waals surface area contributed by atoms with Crippen LogP contribution in [0.1, 0.15) is 5.56 Å².